The second-order valence-corrected chi connectivity index (χ2v) is 6.96. The molecule has 0 aliphatic carbocycles. The molecule has 0 atom stereocenters. The Morgan fingerprint density at radius 3 is 2.74 bits per heavy atom. The molecule has 2 amide bonds. The number of urea groups is 1. The van der Waals surface area contributed by atoms with E-state index in [0.717, 1.165) is 27.6 Å². The van der Waals surface area contributed by atoms with Gasteiger partial charge < -0.3 is 20.4 Å². The highest BCUT2D eigenvalue weighted by molar-refractivity contribution is 7.22. The van der Waals surface area contributed by atoms with Gasteiger partial charge in [0.1, 0.15) is 5.76 Å². The molecule has 6 nitrogen and oxygen atoms in total. The van der Waals surface area contributed by atoms with Crippen molar-refractivity contribution in [2.24, 2.45) is 0 Å². The van der Waals surface area contributed by atoms with Crippen LogP contribution in [-0.2, 0) is 13.1 Å². The minimum atomic E-state index is -0.280. The molecule has 0 saturated heterocycles. The van der Waals surface area contributed by atoms with E-state index in [-0.39, 0.29) is 6.03 Å². The number of carbonyl (C=O) groups is 1. The molecule has 7 heteroatoms. The third kappa shape index (κ3) is 4.45. The Balaban J connectivity index is 1.37. The fraction of sp³-hybridized carbons (Fsp3) is 0.100. The van der Waals surface area contributed by atoms with Gasteiger partial charge in [-0.15, -0.1) is 0 Å². The molecule has 2 aromatic carbocycles. The molecule has 0 saturated carbocycles. The number of rotatable bonds is 6. The SMILES string of the molecule is O=C(NCc1ccco1)Nc1ccc2nc(NCc3ccccc3)sc2c1. The van der Waals surface area contributed by atoms with Crippen LogP contribution in [0.2, 0.25) is 0 Å². The number of benzene rings is 2. The summed E-state index contributed by atoms with van der Waals surface area (Å²) in [5, 5.41) is 9.79. The second kappa shape index (κ2) is 7.92. The maximum absolute atomic E-state index is 12.0. The van der Waals surface area contributed by atoms with Crippen molar-refractivity contribution in [3.8, 4) is 0 Å². The van der Waals surface area contributed by atoms with Crippen LogP contribution in [-0.4, -0.2) is 11.0 Å². The molecule has 2 aromatic heterocycles. The number of thiazole rings is 1. The van der Waals surface area contributed by atoms with Crippen LogP contribution >= 0.6 is 11.3 Å². The predicted molar refractivity (Wildman–Crippen MR) is 108 cm³/mol. The van der Waals surface area contributed by atoms with Gasteiger partial charge in [-0.05, 0) is 35.9 Å². The van der Waals surface area contributed by atoms with E-state index in [4.69, 9.17) is 4.42 Å². The van der Waals surface area contributed by atoms with Gasteiger partial charge in [-0.25, -0.2) is 9.78 Å². The Kier molecular flexibility index (Phi) is 5.02. The lowest BCUT2D eigenvalue weighted by atomic mass is 10.2. The van der Waals surface area contributed by atoms with Crippen molar-refractivity contribution in [3.63, 3.8) is 0 Å². The quantitative estimate of drug-likeness (QED) is 0.449. The van der Waals surface area contributed by atoms with Gasteiger partial charge in [0.05, 0.1) is 23.0 Å². The fourth-order valence-corrected chi connectivity index (χ4v) is 3.51. The maximum Gasteiger partial charge on any atom is 0.319 e. The molecule has 0 radical (unpaired) electrons. The molecule has 0 fully saturated rings. The highest BCUT2D eigenvalue weighted by Gasteiger charge is 2.07. The topological polar surface area (TPSA) is 79.2 Å². The van der Waals surface area contributed by atoms with Gasteiger partial charge in [-0.1, -0.05) is 41.7 Å². The first-order valence-electron chi connectivity index (χ1n) is 8.52. The zero-order valence-corrected chi connectivity index (χ0v) is 15.3. The highest BCUT2D eigenvalue weighted by Crippen LogP contribution is 2.28. The predicted octanol–water partition coefficient (Wildman–Crippen LogP) is 4.82. The van der Waals surface area contributed by atoms with Crippen molar-refractivity contribution in [3.05, 3.63) is 78.3 Å². The van der Waals surface area contributed by atoms with Crippen LogP contribution in [0.25, 0.3) is 10.2 Å². The van der Waals surface area contributed by atoms with Crippen molar-refractivity contribution < 1.29 is 9.21 Å². The van der Waals surface area contributed by atoms with Crippen LogP contribution in [0.4, 0.5) is 15.6 Å². The van der Waals surface area contributed by atoms with E-state index in [9.17, 15) is 4.79 Å². The molecule has 0 unspecified atom stereocenters. The van der Waals surface area contributed by atoms with E-state index in [2.05, 4.69) is 33.1 Å². The zero-order valence-electron chi connectivity index (χ0n) is 14.4. The Morgan fingerprint density at radius 1 is 1.04 bits per heavy atom. The summed E-state index contributed by atoms with van der Waals surface area (Å²) in [5.74, 6) is 0.706. The van der Waals surface area contributed by atoms with E-state index in [1.54, 1.807) is 23.7 Å². The number of anilines is 2. The van der Waals surface area contributed by atoms with Gasteiger partial charge in [0.2, 0.25) is 0 Å². The van der Waals surface area contributed by atoms with E-state index in [0.29, 0.717) is 12.3 Å². The van der Waals surface area contributed by atoms with Gasteiger partial charge in [-0.2, -0.15) is 0 Å². The average molecular weight is 378 g/mol. The smallest absolute Gasteiger partial charge is 0.319 e. The summed E-state index contributed by atoms with van der Waals surface area (Å²) in [7, 11) is 0. The number of nitrogens with zero attached hydrogens (tertiary/aromatic N) is 1. The summed E-state index contributed by atoms with van der Waals surface area (Å²) in [5.41, 5.74) is 2.82. The van der Waals surface area contributed by atoms with E-state index < -0.39 is 0 Å². The Labute approximate surface area is 160 Å². The summed E-state index contributed by atoms with van der Waals surface area (Å²) in [4.78, 5) is 16.6. The Bertz CT molecular complexity index is 1030. The van der Waals surface area contributed by atoms with E-state index >= 15 is 0 Å². The molecule has 0 bridgehead atoms. The minimum absolute atomic E-state index is 0.280. The summed E-state index contributed by atoms with van der Waals surface area (Å²) in [6.07, 6.45) is 1.58. The lowest BCUT2D eigenvalue weighted by Crippen LogP contribution is -2.27. The highest BCUT2D eigenvalue weighted by atomic mass is 32.1. The minimum Gasteiger partial charge on any atom is -0.467 e. The zero-order chi connectivity index (χ0) is 18.5. The molecule has 27 heavy (non-hydrogen) atoms. The summed E-state index contributed by atoms with van der Waals surface area (Å²) in [6.45, 7) is 1.07. The van der Waals surface area contributed by atoms with Crippen LogP contribution in [0.15, 0.2) is 71.3 Å². The first-order chi connectivity index (χ1) is 13.3. The van der Waals surface area contributed by atoms with Crippen molar-refractivity contribution in [2.75, 3.05) is 10.6 Å². The lowest BCUT2D eigenvalue weighted by Gasteiger charge is -2.06. The molecule has 0 aliphatic heterocycles. The monoisotopic (exact) mass is 378 g/mol. The van der Waals surface area contributed by atoms with Crippen LogP contribution < -0.4 is 16.0 Å². The number of aromatic nitrogens is 1. The maximum atomic E-state index is 12.0. The van der Waals surface area contributed by atoms with Gasteiger partial charge >= 0.3 is 6.03 Å². The number of furan rings is 1. The van der Waals surface area contributed by atoms with Gasteiger partial charge in [0.25, 0.3) is 0 Å². The van der Waals surface area contributed by atoms with Crippen molar-refractivity contribution >= 4 is 38.4 Å². The number of nitrogens with one attached hydrogen (secondary N) is 3. The average Bonchev–Trinajstić information content (AvgIpc) is 3.34. The van der Waals surface area contributed by atoms with E-state index in [1.807, 2.05) is 42.5 Å². The number of hydrogen-bond donors (Lipinski definition) is 3. The molecule has 3 N–H and O–H groups in total. The van der Waals surface area contributed by atoms with Crippen molar-refractivity contribution in [1.29, 1.82) is 0 Å². The second-order valence-electron chi connectivity index (χ2n) is 5.93. The first-order valence-corrected chi connectivity index (χ1v) is 9.33. The summed E-state index contributed by atoms with van der Waals surface area (Å²) >= 11 is 1.56. The Morgan fingerprint density at radius 2 is 1.93 bits per heavy atom. The number of hydrogen-bond acceptors (Lipinski definition) is 5. The molecule has 136 valence electrons. The van der Waals surface area contributed by atoms with Crippen molar-refractivity contribution in [2.45, 2.75) is 13.1 Å². The molecular formula is C20H18N4O2S. The fourth-order valence-electron chi connectivity index (χ4n) is 2.61. The standard InChI is InChI=1S/C20H18N4O2S/c25-19(21-13-16-7-4-10-26-16)23-15-8-9-17-18(11-15)27-20(24-17)22-12-14-5-2-1-3-6-14/h1-11H,12-13H2,(H,22,24)(H2,21,23,25). The first kappa shape index (κ1) is 17.1. The van der Waals surface area contributed by atoms with Gasteiger partial charge in [-0.3, -0.25) is 0 Å². The van der Waals surface area contributed by atoms with Crippen LogP contribution in [0.1, 0.15) is 11.3 Å². The third-order valence-electron chi connectivity index (χ3n) is 3.94. The Hall–Kier alpha value is -3.32. The molecule has 4 rings (SSSR count). The normalized spacial score (nSPS) is 10.7. The van der Waals surface area contributed by atoms with Crippen LogP contribution in [0, 0.1) is 0 Å². The summed E-state index contributed by atoms with van der Waals surface area (Å²) in [6, 6.07) is 19.2. The molecule has 0 aliphatic rings. The largest absolute Gasteiger partial charge is 0.467 e. The van der Waals surface area contributed by atoms with Crippen molar-refractivity contribution in [1.82, 2.24) is 10.3 Å². The molecule has 0 spiro atoms. The summed E-state index contributed by atoms with van der Waals surface area (Å²) < 4.78 is 6.20. The van der Waals surface area contributed by atoms with E-state index in [1.165, 1.54) is 5.56 Å². The molecule has 2 heterocycles. The number of amides is 2. The number of carbonyl (C=O) groups excluding carboxylic acids is 1. The third-order valence-corrected chi connectivity index (χ3v) is 4.91. The molecule has 4 aromatic rings. The van der Waals surface area contributed by atoms with Crippen LogP contribution in [0.5, 0.6) is 0 Å². The number of fused-ring (bicyclic) bond motifs is 1. The van der Waals surface area contributed by atoms with Gasteiger partial charge in [0.15, 0.2) is 5.13 Å². The lowest BCUT2D eigenvalue weighted by molar-refractivity contribution is 0.251. The van der Waals surface area contributed by atoms with Gasteiger partial charge in [0, 0.05) is 12.2 Å². The van der Waals surface area contributed by atoms with Crippen LogP contribution in [0.3, 0.4) is 0 Å². The molecular weight excluding hydrogens is 360 g/mol.